The third kappa shape index (κ3) is 7.12. The molecule has 0 atom stereocenters. The Morgan fingerprint density at radius 3 is 2.61 bits per heavy atom. The van der Waals surface area contributed by atoms with E-state index in [1.807, 2.05) is 24.4 Å². The number of hydrogen-bond acceptors (Lipinski definition) is 5. The fourth-order valence-corrected chi connectivity index (χ4v) is 1.62. The molecule has 1 aromatic carbocycles. The molecule has 7 nitrogen and oxygen atoms in total. The van der Waals surface area contributed by atoms with Crippen LogP contribution in [-0.4, -0.2) is 37.7 Å². The SMILES string of the molecule is CCNC(=O)NC(=O)COC(=O)/C=C/c1ccccc1OCC. The number of imide groups is 1. The lowest BCUT2D eigenvalue weighted by Gasteiger charge is -2.06. The van der Waals surface area contributed by atoms with Crippen molar-refractivity contribution in [2.24, 2.45) is 0 Å². The van der Waals surface area contributed by atoms with Crippen LogP contribution in [0.1, 0.15) is 19.4 Å². The Labute approximate surface area is 134 Å². The number of rotatable bonds is 7. The van der Waals surface area contributed by atoms with E-state index in [1.165, 1.54) is 12.2 Å². The highest BCUT2D eigenvalue weighted by atomic mass is 16.5. The highest BCUT2D eigenvalue weighted by Crippen LogP contribution is 2.19. The van der Waals surface area contributed by atoms with E-state index in [0.717, 1.165) is 5.56 Å². The molecule has 23 heavy (non-hydrogen) atoms. The van der Waals surface area contributed by atoms with Crippen molar-refractivity contribution in [2.75, 3.05) is 19.8 Å². The van der Waals surface area contributed by atoms with Gasteiger partial charge >= 0.3 is 12.0 Å². The number of esters is 1. The van der Waals surface area contributed by atoms with Crippen LogP contribution in [-0.2, 0) is 14.3 Å². The largest absolute Gasteiger partial charge is 0.493 e. The number of nitrogens with one attached hydrogen (secondary N) is 2. The predicted molar refractivity (Wildman–Crippen MR) is 84.8 cm³/mol. The number of hydrogen-bond donors (Lipinski definition) is 2. The number of carbonyl (C=O) groups is 3. The normalized spacial score (nSPS) is 10.2. The van der Waals surface area contributed by atoms with Gasteiger partial charge in [0.05, 0.1) is 6.61 Å². The number of urea groups is 1. The van der Waals surface area contributed by atoms with Gasteiger partial charge in [-0.25, -0.2) is 9.59 Å². The van der Waals surface area contributed by atoms with E-state index in [0.29, 0.717) is 18.9 Å². The smallest absolute Gasteiger partial charge is 0.331 e. The molecular formula is C16H20N2O5. The van der Waals surface area contributed by atoms with Crippen molar-refractivity contribution in [1.82, 2.24) is 10.6 Å². The van der Waals surface area contributed by atoms with Crippen LogP contribution in [0.5, 0.6) is 5.75 Å². The Hall–Kier alpha value is -2.83. The van der Waals surface area contributed by atoms with Gasteiger partial charge in [-0.1, -0.05) is 18.2 Å². The highest BCUT2D eigenvalue weighted by molar-refractivity contribution is 5.96. The molecule has 0 bridgehead atoms. The van der Waals surface area contributed by atoms with Crippen molar-refractivity contribution in [3.8, 4) is 5.75 Å². The van der Waals surface area contributed by atoms with Crippen LogP contribution in [0.15, 0.2) is 30.3 Å². The molecule has 0 saturated carbocycles. The van der Waals surface area contributed by atoms with E-state index in [4.69, 9.17) is 9.47 Å². The first-order valence-corrected chi connectivity index (χ1v) is 7.21. The molecule has 0 aromatic heterocycles. The Balaban J connectivity index is 2.47. The molecule has 1 aromatic rings. The third-order valence-corrected chi connectivity index (χ3v) is 2.55. The van der Waals surface area contributed by atoms with Crippen LogP contribution in [0.3, 0.4) is 0 Å². The van der Waals surface area contributed by atoms with Crippen molar-refractivity contribution in [3.05, 3.63) is 35.9 Å². The molecule has 1 rings (SSSR count). The van der Waals surface area contributed by atoms with Crippen LogP contribution in [0.2, 0.25) is 0 Å². The second-order valence-electron chi connectivity index (χ2n) is 4.32. The minimum Gasteiger partial charge on any atom is -0.493 e. The maximum Gasteiger partial charge on any atom is 0.331 e. The fourth-order valence-electron chi connectivity index (χ4n) is 1.62. The summed E-state index contributed by atoms with van der Waals surface area (Å²) in [5, 5.41) is 4.42. The quantitative estimate of drug-likeness (QED) is 0.586. The van der Waals surface area contributed by atoms with Gasteiger partial charge < -0.3 is 14.8 Å². The molecule has 0 aliphatic carbocycles. The summed E-state index contributed by atoms with van der Waals surface area (Å²) in [5.74, 6) is -0.747. The van der Waals surface area contributed by atoms with Crippen LogP contribution in [0.4, 0.5) is 4.79 Å². The maximum absolute atomic E-state index is 11.6. The number of ether oxygens (including phenoxy) is 2. The van der Waals surface area contributed by atoms with Crippen LogP contribution < -0.4 is 15.4 Å². The van der Waals surface area contributed by atoms with Gasteiger partial charge in [0.2, 0.25) is 0 Å². The van der Waals surface area contributed by atoms with Crippen molar-refractivity contribution in [3.63, 3.8) is 0 Å². The van der Waals surface area contributed by atoms with E-state index >= 15 is 0 Å². The Morgan fingerprint density at radius 1 is 1.17 bits per heavy atom. The summed E-state index contributed by atoms with van der Waals surface area (Å²) in [7, 11) is 0. The topological polar surface area (TPSA) is 93.7 Å². The van der Waals surface area contributed by atoms with Crippen molar-refractivity contribution in [1.29, 1.82) is 0 Å². The second-order valence-corrected chi connectivity index (χ2v) is 4.32. The summed E-state index contributed by atoms with van der Waals surface area (Å²) in [6.07, 6.45) is 2.73. The van der Waals surface area contributed by atoms with Gasteiger partial charge in [0, 0.05) is 18.2 Å². The summed E-state index contributed by atoms with van der Waals surface area (Å²) in [6, 6.07) is 6.58. The van der Waals surface area contributed by atoms with Gasteiger partial charge in [0.25, 0.3) is 5.91 Å². The summed E-state index contributed by atoms with van der Waals surface area (Å²) >= 11 is 0. The Kier molecular flexibility index (Phi) is 7.91. The first-order chi connectivity index (χ1) is 11.1. The molecule has 0 fully saturated rings. The molecule has 0 heterocycles. The van der Waals surface area contributed by atoms with Gasteiger partial charge in [-0.2, -0.15) is 0 Å². The molecule has 0 radical (unpaired) electrons. The zero-order valence-corrected chi connectivity index (χ0v) is 13.1. The summed E-state index contributed by atoms with van der Waals surface area (Å²) in [6.45, 7) is 3.95. The number of amides is 3. The monoisotopic (exact) mass is 320 g/mol. The Bertz CT molecular complexity index is 584. The van der Waals surface area contributed by atoms with E-state index in [2.05, 4.69) is 5.32 Å². The molecule has 0 spiro atoms. The van der Waals surface area contributed by atoms with Crippen LogP contribution in [0, 0.1) is 0 Å². The lowest BCUT2D eigenvalue weighted by Crippen LogP contribution is -2.41. The Morgan fingerprint density at radius 2 is 1.91 bits per heavy atom. The maximum atomic E-state index is 11.6. The minimum atomic E-state index is -0.701. The third-order valence-electron chi connectivity index (χ3n) is 2.55. The van der Waals surface area contributed by atoms with E-state index in [1.54, 1.807) is 19.1 Å². The molecule has 0 aliphatic heterocycles. The summed E-state index contributed by atoms with van der Waals surface area (Å²) in [4.78, 5) is 34.0. The van der Waals surface area contributed by atoms with E-state index in [-0.39, 0.29) is 0 Å². The van der Waals surface area contributed by atoms with Gasteiger partial charge in [-0.05, 0) is 26.0 Å². The molecule has 2 N–H and O–H groups in total. The molecular weight excluding hydrogens is 300 g/mol. The zero-order valence-electron chi connectivity index (χ0n) is 13.1. The number of para-hydroxylation sites is 1. The molecule has 0 saturated heterocycles. The van der Waals surface area contributed by atoms with Gasteiger partial charge in [-0.3, -0.25) is 10.1 Å². The average molecular weight is 320 g/mol. The van der Waals surface area contributed by atoms with Gasteiger partial charge in [-0.15, -0.1) is 0 Å². The number of carbonyl (C=O) groups excluding carboxylic acids is 3. The summed E-state index contributed by atoms with van der Waals surface area (Å²) in [5.41, 5.74) is 0.720. The average Bonchev–Trinajstić information content (AvgIpc) is 2.52. The minimum absolute atomic E-state index is 0.390. The second kappa shape index (κ2) is 9.99. The molecule has 7 heteroatoms. The number of benzene rings is 1. The zero-order chi connectivity index (χ0) is 17.1. The van der Waals surface area contributed by atoms with Crippen molar-refractivity contribution >= 4 is 24.0 Å². The highest BCUT2D eigenvalue weighted by Gasteiger charge is 2.08. The predicted octanol–water partition coefficient (Wildman–Crippen LogP) is 1.49. The van der Waals surface area contributed by atoms with Gasteiger partial charge in [0.1, 0.15) is 5.75 Å². The van der Waals surface area contributed by atoms with E-state index < -0.39 is 24.5 Å². The molecule has 124 valence electrons. The summed E-state index contributed by atoms with van der Waals surface area (Å²) < 4.78 is 10.2. The molecule has 0 aliphatic rings. The van der Waals surface area contributed by atoms with Crippen LogP contribution in [0.25, 0.3) is 6.08 Å². The van der Waals surface area contributed by atoms with Gasteiger partial charge in [0.15, 0.2) is 6.61 Å². The lowest BCUT2D eigenvalue weighted by atomic mass is 10.2. The van der Waals surface area contributed by atoms with Crippen molar-refractivity contribution in [2.45, 2.75) is 13.8 Å². The standard InChI is InChI=1S/C16H20N2O5/c1-3-17-16(21)18-14(19)11-23-15(20)10-9-12-7-5-6-8-13(12)22-4-2/h5-10H,3-4,11H2,1-2H3,(H2,17,18,19,21)/b10-9+. The molecule has 3 amide bonds. The first-order valence-electron chi connectivity index (χ1n) is 7.21. The lowest BCUT2D eigenvalue weighted by molar-refractivity contribution is -0.143. The first kappa shape index (κ1) is 18.2. The van der Waals surface area contributed by atoms with Crippen LogP contribution >= 0.6 is 0 Å². The molecule has 0 unspecified atom stereocenters. The van der Waals surface area contributed by atoms with Crippen molar-refractivity contribution < 1.29 is 23.9 Å². The fraction of sp³-hybridized carbons (Fsp3) is 0.312. The van der Waals surface area contributed by atoms with E-state index in [9.17, 15) is 14.4 Å².